The molecule has 2 N–H and O–H groups in total. The Morgan fingerprint density at radius 3 is 2.73 bits per heavy atom. The van der Waals surface area contributed by atoms with Crippen LogP contribution in [0, 0.1) is 6.92 Å². The largest absolute Gasteiger partial charge is 0.363 e. The Bertz CT molecular complexity index is 1040. The van der Waals surface area contributed by atoms with Crippen molar-refractivity contribution in [2.45, 2.75) is 26.8 Å². The minimum absolute atomic E-state index is 0.565. The van der Waals surface area contributed by atoms with Gasteiger partial charge in [-0.1, -0.05) is 25.1 Å². The molecular formula is C20H20N6. The van der Waals surface area contributed by atoms with Crippen LogP contribution < -0.4 is 5.32 Å². The molecule has 0 aliphatic carbocycles. The van der Waals surface area contributed by atoms with Gasteiger partial charge in [0.15, 0.2) is 5.82 Å². The Balaban J connectivity index is 1.60. The van der Waals surface area contributed by atoms with Crippen LogP contribution in [0.5, 0.6) is 0 Å². The SMILES string of the molecule is CCc1cc(NCc2nc3c(C)cccc3[nH]2)nc(-c2ccccn2)n1. The molecule has 0 aliphatic rings. The van der Waals surface area contributed by atoms with E-state index in [4.69, 9.17) is 0 Å². The summed E-state index contributed by atoms with van der Waals surface area (Å²) in [6, 6.07) is 13.9. The third-order valence-corrected chi connectivity index (χ3v) is 4.24. The Hall–Kier alpha value is -3.28. The molecule has 4 aromatic rings. The summed E-state index contributed by atoms with van der Waals surface area (Å²) in [5.41, 5.74) is 4.97. The highest BCUT2D eigenvalue weighted by Crippen LogP contribution is 2.18. The number of benzene rings is 1. The summed E-state index contributed by atoms with van der Waals surface area (Å²) < 4.78 is 0. The average Bonchev–Trinajstić information content (AvgIpc) is 3.11. The quantitative estimate of drug-likeness (QED) is 0.574. The second-order valence-electron chi connectivity index (χ2n) is 6.14. The second-order valence-corrected chi connectivity index (χ2v) is 6.14. The molecule has 0 atom stereocenters. The highest BCUT2D eigenvalue weighted by atomic mass is 15.1. The third kappa shape index (κ3) is 3.26. The molecular weight excluding hydrogens is 324 g/mol. The number of H-pyrrole nitrogens is 1. The number of aromatic nitrogens is 5. The minimum Gasteiger partial charge on any atom is -0.363 e. The molecule has 0 saturated carbocycles. The first-order valence-corrected chi connectivity index (χ1v) is 8.70. The van der Waals surface area contributed by atoms with Gasteiger partial charge in [0.1, 0.15) is 17.3 Å². The zero-order chi connectivity index (χ0) is 17.9. The van der Waals surface area contributed by atoms with E-state index in [1.807, 2.05) is 36.4 Å². The van der Waals surface area contributed by atoms with E-state index in [2.05, 4.69) is 50.2 Å². The maximum Gasteiger partial charge on any atom is 0.180 e. The van der Waals surface area contributed by atoms with Crippen LogP contribution in [0.3, 0.4) is 0 Å². The number of fused-ring (bicyclic) bond motifs is 1. The lowest BCUT2D eigenvalue weighted by atomic mass is 10.2. The highest BCUT2D eigenvalue weighted by molar-refractivity contribution is 5.78. The van der Waals surface area contributed by atoms with Crippen molar-refractivity contribution in [1.82, 2.24) is 24.9 Å². The van der Waals surface area contributed by atoms with Crippen LogP contribution in [-0.4, -0.2) is 24.9 Å². The fraction of sp³-hybridized carbons (Fsp3) is 0.200. The standard InChI is InChI=1S/C20H20N6/c1-3-14-11-17(26-20(23-14)16-8-4-5-10-21-16)22-12-18-24-15-9-6-7-13(2)19(15)25-18/h4-11H,3,12H2,1-2H3,(H,24,25)(H,22,23,26). The molecule has 26 heavy (non-hydrogen) atoms. The number of pyridine rings is 1. The molecule has 0 bridgehead atoms. The highest BCUT2D eigenvalue weighted by Gasteiger charge is 2.09. The van der Waals surface area contributed by atoms with Crippen molar-refractivity contribution in [1.29, 1.82) is 0 Å². The molecule has 6 nitrogen and oxygen atoms in total. The lowest BCUT2D eigenvalue weighted by Gasteiger charge is -2.08. The van der Waals surface area contributed by atoms with Gasteiger partial charge in [-0.15, -0.1) is 0 Å². The van der Waals surface area contributed by atoms with E-state index in [1.165, 1.54) is 0 Å². The molecule has 3 aromatic heterocycles. The molecule has 0 spiro atoms. The molecule has 6 heteroatoms. The molecule has 0 radical (unpaired) electrons. The van der Waals surface area contributed by atoms with Crippen molar-refractivity contribution >= 4 is 16.9 Å². The van der Waals surface area contributed by atoms with Crippen molar-refractivity contribution < 1.29 is 0 Å². The summed E-state index contributed by atoms with van der Waals surface area (Å²) in [6.45, 7) is 4.71. The molecule has 0 aliphatic heterocycles. The van der Waals surface area contributed by atoms with Crippen LogP contribution in [0.4, 0.5) is 5.82 Å². The Labute approximate surface area is 151 Å². The summed E-state index contributed by atoms with van der Waals surface area (Å²) in [5.74, 6) is 2.29. The molecule has 0 unspecified atom stereocenters. The van der Waals surface area contributed by atoms with Crippen LogP contribution in [0.25, 0.3) is 22.6 Å². The molecule has 1 aromatic carbocycles. The van der Waals surface area contributed by atoms with Crippen LogP contribution in [0.1, 0.15) is 24.0 Å². The molecule has 4 rings (SSSR count). The van der Waals surface area contributed by atoms with E-state index in [0.717, 1.165) is 46.0 Å². The normalized spacial score (nSPS) is 11.0. The number of aromatic amines is 1. The lowest BCUT2D eigenvalue weighted by molar-refractivity contribution is 0.963. The van der Waals surface area contributed by atoms with E-state index in [9.17, 15) is 0 Å². The van der Waals surface area contributed by atoms with Gasteiger partial charge in [0.25, 0.3) is 0 Å². The Kier molecular flexibility index (Phi) is 4.31. The number of nitrogens with zero attached hydrogens (tertiary/aromatic N) is 4. The van der Waals surface area contributed by atoms with Crippen molar-refractivity contribution in [3.8, 4) is 11.5 Å². The monoisotopic (exact) mass is 344 g/mol. The Morgan fingerprint density at radius 1 is 1.04 bits per heavy atom. The number of anilines is 1. The van der Waals surface area contributed by atoms with Gasteiger partial charge >= 0.3 is 0 Å². The molecule has 0 amide bonds. The predicted molar refractivity (Wildman–Crippen MR) is 103 cm³/mol. The van der Waals surface area contributed by atoms with Crippen molar-refractivity contribution in [3.05, 3.63) is 65.7 Å². The van der Waals surface area contributed by atoms with E-state index >= 15 is 0 Å². The van der Waals surface area contributed by atoms with Crippen LogP contribution in [0.2, 0.25) is 0 Å². The number of rotatable bonds is 5. The predicted octanol–water partition coefficient (Wildman–Crippen LogP) is 3.90. The van der Waals surface area contributed by atoms with E-state index in [0.29, 0.717) is 12.4 Å². The van der Waals surface area contributed by atoms with Crippen LogP contribution in [0.15, 0.2) is 48.7 Å². The minimum atomic E-state index is 0.565. The molecule has 130 valence electrons. The van der Waals surface area contributed by atoms with Gasteiger partial charge in [-0.2, -0.15) is 0 Å². The number of imidazole rings is 1. The van der Waals surface area contributed by atoms with Gasteiger partial charge in [0, 0.05) is 18.0 Å². The summed E-state index contributed by atoms with van der Waals surface area (Å²) in [6.07, 6.45) is 2.59. The van der Waals surface area contributed by atoms with Gasteiger partial charge < -0.3 is 10.3 Å². The van der Waals surface area contributed by atoms with Gasteiger partial charge in [0.05, 0.1) is 17.6 Å². The fourth-order valence-corrected chi connectivity index (χ4v) is 2.86. The molecule has 0 saturated heterocycles. The number of hydrogen-bond acceptors (Lipinski definition) is 5. The van der Waals surface area contributed by atoms with Crippen molar-refractivity contribution in [2.24, 2.45) is 0 Å². The third-order valence-electron chi connectivity index (χ3n) is 4.24. The summed E-state index contributed by atoms with van der Waals surface area (Å²) in [7, 11) is 0. The van der Waals surface area contributed by atoms with E-state index in [-0.39, 0.29) is 0 Å². The maximum atomic E-state index is 4.68. The topological polar surface area (TPSA) is 79.4 Å². The van der Waals surface area contributed by atoms with Gasteiger partial charge in [-0.05, 0) is 37.1 Å². The smallest absolute Gasteiger partial charge is 0.180 e. The average molecular weight is 344 g/mol. The number of para-hydroxylation sites is 1. The zero-order valence-corrected chi connectivity index (χ0v) is 14.8. The first-order valence-electron chi connectivity index (χ1n) is 8.70. The Morgan fingerprint density at radius 2 is 1.96 bits per heavy atom. The maximum absolute atomic E-state index is 4.68. The first-order chi connectivity index (χ1) is 12.7. The van der Waals surface area contributed by atoms with Crippen molar-refractivity contribution in [3.63, 3.8) is 0 Å². The number of nitrogens with one attached hydrogen (secondary N) is 2. The zero-order valence-electron chi connectivity index (χ0n) is 14.8. The fourth-order valence-electron chi connectivity index (χ4n) is 2.86. The first kappa shape index (κ1) is 16.2. The number of aryl methyl sites for hydroxylation is 2. The van der Waals surface area contributed by atoms with Gasteiger partial charge in [0.2, 0.25) is 0 Å². The van der Waals surface area contributed by atoms with Crippen LogP contribution in [-0.2, 0) is 13.0 Å². The summed E-state index contributed by atoms with van der Waals surface area (Å²) in [4.78, 5) is 21.6. The molecule has 3 heterocycles. The lowest BCUT2D eigenvalue weighted by Crippen LogP contribution is -2.06. The van der Waals surface area contributed by atoms with Crippen LogP contribution >= 0.6 is 0 Å². The van der Waals surface area contributed by atoms with Crippen molar-refractivity contribution in [2.75, 3.05) is 5.32 Å². The van der Waals surface area contributed by atoms with Gasteiger partial charge in [-0.25, -0.2) is 15.0 Å². The van der Waals surface area contributed by atoms with Gasteiger partial charge in [-0.3, -0.25) is 4.98 Å². The van der Waals surface area contributed by atoms with E-state index in [1.54, 1.807) is 6.20 Å². The summed E-state index contributed by atoms with van der Waals surface area (Å²) >= 11 is 0. The summed E-state index contributed by atoms with van der Waals surface area (Å²) in [5, 5.41) is 3.35. The second kappa shape index (κ2) is 6.92. The number of hydrogen-bond donors (Lipinski definition) is 2. The van der Waals surface area contributed by atoms with E-state index < -0.39 is 0 Å². The molecule has 0 fully saturated rings.